The molecule has 0 saturated carbocycles. The Bertz CT molecular complexity index is 769. The Morgan fingerprint density at radius 1 is 1.28 bits per heavy atom. The van der Waals surface area contributed by atoms with Crippen LogP contribution < -0.4 is 10.6 Å². The van der Waals surface area contributed by atoms with Gasteiger partial charge in [-0.05, 0) is 37.8 Å². The maximum absolute atomic E-state index is 13.7. The van der Waals surface area contributed by atoms with E-state index in [1.165, 1.54) is 12.3 Å². The third kappa shape index (κ3) is 9.56. The molecule has 0 atom stereocenters. The summed E-state index contributed by atoms with van der Waals surface area (Å²) in [6.07, 6.45) is 3.37. The monoisotopic (exact) mass is 544 g/mol. The number of benzene rings is 1. The third-order valence-electron chi connectivity index (χ3n) is 4.73. The van der Waals surface area contributed by atoms with Crippen molar-refractivity contribution in [2.24, 2.45) is 4.99 Å². The molecule has 166 valence electrons. The molecule has 6 nitrogen and oxygen atoms in total. The molecule has 1 fully saturated rings. The van der Waals surface area contributed by atoms with E-state index in [9.17, 15) is 17.2 Å². The third-order valence-corrected chi connectivity index (χ3v) is 5.66. The molecule has 1 heterocycles. The fraction of sp³-hybridized carbons (Fsp3) is 0.632. The van der Waals surface area contributed by atoms with E-state index in [0.29, 0.717) is 37.6 Å². The van der Waals surface area contributed by atoms with Crippen LogP contribution in [0.1, 0.15) is 25.3 Å². The van der Waals surface area contributed by atoms with Crippen LogP contribution in [-0.4, -0.2) is 70.1 Å². The van der Waals surface area contributed by atoms with Crippen LogP contribution >= 0.6 is 24.0 Å². The lowest BCUT2D eigenvalue weighted by atomic mass is 10.1. The zero-order chi connectivity index (χ0) is 20.6. The Kier molecular flexibility index (Phi) is 11.3. The summed E-state index contributed by atoms with van der Waals surface area (Å²) in [6.45, 7) is 5.26. The maximum Gasteiger partial charge on any atom is 0.191 e. The van der Waals surface area contributed by atoms with Crippen molar-refractivity contribution in [3.63, 3.8) is 0 Å². The molecule has 0 bridgehead atoms. The van der Waals surface area contributed by atoms with Crippen molar-refractivity contribution in [2.75, 3.05) is 44.7 Å². The van der Waals surface area contributed by atoms with Gasteiger partial charge in [-0.2, -0.15) is 0 Å². The van der Waals surface area contributed by atoms with Gasteiger partial charge in [-0.1, -0.05) is 12.1 Å². The molecule has 1 aromatic rings. The topological polar surface area (TPSA) is 73.8 Å². The summed E-state index contributed by atoms with van der Waals surface area (Å²) in [6, 6.07) is 4.42. The molecule has 29 heavy (non-hydrogen) atoms. The molecule has 1 aliphatic rings. The van der Waals surface area contributed by atoms with Gasteiger partial charge in [0.25, 0.3) is 0 Å². The van der Waals surface area contributed by atoms with Crippen molar-refractivity contribution >= 4 is 39.8 Å². The smallest absolute Gasteiger partial charge is 0.191 e. The van der Waals surface area contributed by atoms with E-state index in [1.807, 2.05) is 6.92 Å². The highest BCUT2D eigenvalue weighted by atomic mass is 127. The molecule has 0 aliphatic carbocycles. The first kappa shape index (κ1) is 26.0. The molecule has 1 saturated heterocycles. The van der Waals surface area contributed by atoms with Crippen LogP contribution in [0, 0.1) is 11.6 Å². The Morgan fingerprint density at radius 3 is 2.59 bits per heavy atom. The number of likely N-dealkylation sites (tertiary alicyclic amines) is 1. The molecule has 0 spiro atoms. The fourth-order valence-corrected chi connectivity index (χ4v) is 3.73. The van der Waals surface area contributed by atoms with Gasteiger partial charge >= 0.3 is 0 Å². The molecular formula is C19H31F2IN4O2S. The van der Waals surface area contributed by atoms with Crippen molar-refractivity contribution in [2.45, 2.75) is 32.2 Å². The lowest BCUT2D eigenvalue weighted by Crippen LogP contribution is -2.49. The SMILES string of the molecule is CCNC(=NCCc1cccc(F)c1F)NC1CCN(CCS(C)(=O)=O)CC1.I. The van der Waals surface area contributed by atoms with Crippen LogP contribution in [0.2, 0.25) is 0 Å². The number of piperidine rings is 1. The Morgan fingerprint density at radius 2 is 1.97 bits per heavy atom. The number of sulfone groups is 1. The van der Waals surface area contributed by atoms with E-state index >= 15 is 0 Å². The Hall–Kier alpha value is -1.01. The summed E-state index contributed by atoms with van der Waals surface area (Å²) in [4.78, 5) is 6.64. The largest absolute Gasteiger partial charge is 0.357 e. The fourth-order valence-electron chi connectivity index (χ4n) is 3.14. The number of nitrogens with one attached hydrogen (secondary N) is 2. The van der Waals surface area contributed by atoms with E-state index in [1.54, 1.807) is 6.07 Å². The second kappa shape index (κ2) is 12.6. The quantitative estimate of drug-likeness (QED) is 0.298. The van der Waals surface area contributed by atoms with E-state index in [0.717, 1.165) is 32.0 Å². The molecule has 0 unspecified atom stereocenters. The molecule has 1 aromatic carbocycles. The minimum Gasteiger partial charge on any atom is -0.357 e. The summed E-state index contributed by atoms with van der Waals surface area (Å²) in [5.74, 6) is -0.800. The van der Waals surface area contributed by atoms with Crippen LogP contribution in [0.4, 0.5) is 8.78 Å². The second-order valence-electron chi connectivity index (χ2n) is 7.11. The molecule has 2 N–H and O–H groups in total. The first-order chi connectivity index (χ1) is 13.3. The molecule has 1 aliphatic heterocycles. The second-order valence-corrected chi connectivity index (χ2v) is 9.37. The average Bonchev–Trinajstić information content (AvgIpc) is 2.64. The average molecular weight is 544 g/mol. The molecule has 10 heteroatoms. The van der Waals surface area contributed by atoms with Crippen molar-refractivity contribution in [1.82, 2.24) is 15.5 Å². The van der Waals surface area contributed by atoms with Crippen LogP contribution in [0.3, 0.4) is 0 Å². The standard InChI is InChI=1S/C19H30F2N4O2S.HI/c1-3-22-19(23-10-7-15-5-4-6-17(20)18(15)21)24-16-8-11-25(12-9-16)13-14-28(2,26)27;/h4-6,16H,3,7-14H2,1-2H3,(H2,22,23,24);1H. The van der Waals surface area contributed by atoms with Gasteiger partial charge in [0.2, 0.25) is 0 Å². The highest BCUT2D eigenvalue weighted by molar-refractivity contribution is 14.0. The normalized spacial score (nSPS) is 16.3. The summed E-state index contributed by atoms with van der Waals surface area (Å²) in [5, 5.41) is 6.56. The lowest BCUT2D eigenvalue weighted by Gasteiger charge is -2.32. The molecule has 0 aromatic heterocycles. The maximum atomic E-state index is 13.7. The van der Waals surface area contributed by atoms with E-state index in [2.05, 4.69) is 20.5 Å². The molecule has 2 rings (SSSR count). The van der Waals surface area contributed by atoms with E-state index in [4.69, 9.17) is 0 Å². The Labute approximate surface area is 189 Å². The number of nitrogens with zero attached hydrogens (tertiary/aromatic N) is 2. The van der Waals surface area contributed by atoms with Crippen LogP contribution in [0.15, 0.2) is 23.2 Å². The minimum atomic E-state index is -2.94. The zero-order valence-corrected chi connectivity index (χ0v) is 20.1. The van der Waals surface area contributed by atoms with Gasteiger partial charge in [-0.3, -0.25) is 4.99 Å². The van der Waals surface area contributed by atoms with Crippen LogP contribution in [-0.2, 0) is 16.3 Å². The Balaban J connectivity index is 0.00000420. The van der Waals surface area contributed by atoms with Crippen molar-refractivity contribution < 1.29 is 17.2 Å². The number of halogens is 3. The molecule has 0 radical (unpaired) electrons. The van der Waals surface area contributed by atoms with Crippen molar-refractivity contribution in [3.05, 3.63) is 35.4 Å². The van der Waals surface area contributed by atoms with Gasteiger partial charge in [-0.25, -0.2) is 17.2 Å². The number of aliphatic imine (C=N–C) groups is 1. The number of guanidine groups is 1. The molecular weight excluding hydrogens is 513 g/mol. The van der Waals surface area contributed by atoms with E-state index in [-0.39, 0.29) is 35.8 Å². The summed E-state index contributed by atoms with van der Waals surface area (Å²) >= 11 is 0. The number of hydrogen-bond acceptors (Lipinski definition) is 4. The van der Waals surface area contributed by atoms with Gasteiger partial charge in [0, 0.05) is 45.0 Å². The van der Waals surface area contributed by atoms with Crippen molar-refractivity contribution in [3.8, 4) is 0 Å². The first-order valence-electron chi connectivity index (χ1n) is 9.66. The predicted molar refractivity (Wildman–Crippen MR) is 124 cm³/mol. The molecule has 0 amide bonds. The lowest BCUT2D eigenvalue weighted by molar-refractivity contribution is 0.216. The van der Waals surface area contributed by atoms with Gasteiger partial charge in [0.05, 0.1) is 5.75 Å². The van der Waals surface area contributed by atoms with Gasteiger partial charge in [0.15, 0.2) is 17.6 Å². The first-order valence-corrected chi connectivity index (χ1v) is 11.7. The van der Waals surface area contributed by atoms with Gasteiger partial charge in [-0.15, -0.1) is 24.0 Å². The van der Waals surface area contributed by atoms with E-state index < -0.39 is 21.5 Å². The van der Waals surface area contributed by atoms with Crippen LogP contribution in [0.5, 0.6) is 0 Å². The van der Waals surface area contributed by atoms with Gasteiger partial charge < -0.3 is 15.5 Å². The number of rotatable bonds is 8. The number of hydrogen-bond donors (Lipinski definition) is 2. The van der Waals surface area contributed by atoms with Crippen molar-refractivity contribution in [1.29, 1.82) is 0 Å². The predicted octanol–water partition coefficient (Wildman–Crippen LogP) is 2.19. The summed E-state index contributed by atoms with van der Waals surface area (Å²) < 4.78 is 49.6. The summed E-state index contributed by atoms with van der Waals surface area (Å²) in [5.41, 5.74) is 0.318. The van der Waals surface area contributed by atoms with Gasteiger partial charge in [0.1, 0.15) is 9.84 Å². The highest BCUT2D eigenvalue weighted by Crippen LogP contribution is 2.12. The van der Waals surface area contributed by atoms with Crippen LogP contribution in [0.25, 0.3) is 0 Å². The zero-order valence-electron chi connectivity index (χ0n) is 17.0. The minimum absolute atomic E-state index is 0. The summed E-state index contributed by atoms with van der Waals surface area (Å²) in [7, 11) is -2.94. The highest BCUT2D eigenvalue weighted by Gasteiger charge is 2.20.